The zero-order valence-electron chi connectivity index (χ0n) is 9.19. The summed E-state index contributed by atoms with van der Waals surface area (Å²) in [5.41, 5.74) is 0. The molecule has 1 aliphatic carbocycles. The minimum Gasteiger partial charge on any atom is -0.466 e. The lowest BCUT2D eigenvalue weighted by molar-refractivity contribution is -0.144. The van der Waals surface area contributed by atoms with Gasteiger partial charge in [0.2, 0.25) is 0 Å². The van der Waals surface area contributed by atoms with E-state index in [-0.39, 0.29) is 24.4 Å². The zero-order valence-corrected chi connectivity index (χ0v) is 9.19. The Morgan fingerprint density at radius 1 is 1.47 bits per heavy atom. The Labute approximate surface area is 90.2 Å². The topological polar surface area (TPSA) is 66.8 Å². The van der Waals surface area contributed by atoms with E-state index in [4.69, 9.17) is 9.84 Å². The molecule has 4 heteroatoms. The fourth-order valence-electron chi connectivity index (χ4n) is 2.31. The predicted molar refractivity (Wildman–Crippen MR) is 55.2 cm³/mol. The highest BCUT2D eigenvalue weighted by atomic mass is 16.5. The molecule has 1 fully saturated rings. The van der Waals surface area contributed by atoms with Crippen LogP contribution in [0.1, 0.15) is 32.6 Å². The van der Waals surface area contributed by atoms with Gasteiger partial charge in [-0.15, -0.1) is 0 Å². The van der Waals surface area contributed by atoms with Gasteiger partial charge in [-0.05, 0) is 24.7 Å². The minimum absolute atomic E-state index is 0.0723. The summed E-state index contributed by atoms with van der Waals surface area (Å²) in [5.74, 6) is -0.00860. The van der Waals surface area contributed by atoms with Gasteiger partial charge in [0.05, 0.1) is 19.3 Å². The Morgan fingerprint density at radius 3 is 2.73 bits per heavy atom. The predicted octanol–water partition coefficient (Wildman–Crippen LogP) is 0.709. The second-order valence-corrected chi connectivity index (χ2v) is 4.26. The number of carbonyl (C=O) groups excluding carboxylic acids is 1. The largest absolute Gasteiger partial charge is 0.466 e. The number of aliphatic hydroxyl groups excluding tert-OH is 2. The van der Waals surface area contributed by atoms with E-state index >= 15 is 0 Å². The molecule has 0 spiro atoms. The van der Waals surface area contributed by atoms with Crippen LogP contribution in [0.4, 0.5) is 0 Å². The molecule has 15 heavy (non-hydrogen) atoms. The summed E-state index contributed by atoms with van der Waals surface area (Å²) in [6.45, 7) is 1.55. The molecule has 0 aromatic carbocycles. The fourth-order valence-corrected chi connectivity index (χ4v) is 2.31. The van der Waals surface area contributed by atoms with Crippen molar-refractivity contribution in [1.29, 1.82) is 0 Å². The van der Waals surface area contributed by atoms with Crippen LogP contribution in [0.5, 0.6) is 0 Å². The molecule has 1 rings (SSSR count). The summed E-state index contributed by atoms with van der Waals surface area (Å²) in [7, 11) is 0. The van der Waals surface area contributed by atoms with Crippen LogP contribution >= 0.6 is 0 Å². The maximum atomic E-state index is 10.7. The maximum Gasteiger partial charge on any atom is 0.302 e. The van der Waals surface area contributed by atoms with Crippen LogP contribution in [0.3, 0.4) is 0 Å². The Bertz CT molecular complexity index is 205. The smallest absolute Gasteiger partial charge is 0.302 e. The van der Waals surface area contributed by atoms with E-state index < -0.39 is 6.10 Å². The number of aliphatic hydroxyl groups is 2. The first kappa shape index (κ1) is 12.5. The first-order chi connectivity index (χ1) is 7.15. The van der Waals surface area contributed by atoms with E-state index in [0.717, 1.165) is 25.7 Å². The molecule has 4 nitrogen and oxygen atoms in total. The first-order valence-corrected chi connectivity index (χ1v) is 5.57. The van der Waals surface area contributed by atoms with Crippen molar-refractivity contribution in [3.05, 3.63) is 0 Å². The molecular formula is C11H20O4. The average Bonchev–Trinajstić information content (AvgIpc) is 2.25. The van der Waals surface area contributed by atoms with Gasteiger partial charge >= 0.3 is 5.97 Å². The number of carbonyl (C=O) groups is 1. The van der Waals surface area contributed by atoms with Crippen molar-refractivity contribution in [3.8, 4) is 0 Å². The van der Waals surface area contributed by atoms with Crippen molar-refractivity contribution < 1.29 is 19.7 Å². The molecule has 3 atom stereocenters. The number of hydrogen-bond acceptors (Lipinski definition) is 4. The minimum atomic E-state index is -0.675. The van der Waals surface area contributed by atoms with Gasteiger partial charge < -0.3 is 14.9 Å². The lowest BCUT2D eigenvalue weighted by Crippen LogP contribution is -2.35. The SMILES string of the molecule is CC(=O)OC[C@H]1CCCC[C@H]1[C@H](O)CO. The van der Waals surface area contributed by atoms with Crippen molar-refractivity contribution in [1.82, 2.24) is 0 Å². The third-order valence-electron chi connectivity index (χ3n) is 3.15. The summed E-state index contributed by atoms with van der Waals surface area (Å²) in [6, 6.07) is 0. The van der Waals surface area contributed by atoms with Crippen molar-refractivity contribution >= 4 is 5.97 Å². The summed E-state index contributed by atoms with van der Waals surface area (Å²) in [4.78, 5) is 10.7. The van der Waals surface area contributed by atoms with Gasteiger partial charge in [0.15, 0.2) is 0 Å². The maximum absolute atomic E-state index is 10.7. The quantitative estimate of drug-likeness (QED) is 0.679. The molecule has 0 heterocycles. The molecule has 0 amide bonds. The van der Waals surface area contributed by atoms with Gasteiger partial charge in [0.1, 0.15) is 0 Å². The van der Waals surface area contributed by atoms with Crippen LogP contribution in [0.2, 0.25) is 0 Å². The van der Waals surface area contributed by atoms with Crippen LogP contribution < -0.4 is 0 Å². The molecule has 2 N–H and O–H groups in total. The van der Waals surface area contributed by atoms with Crippen LogP contribution in [-0.2, 0) is 9.53 Å². The van der Waals surface area contributed by atoms with Crippen LogP contribution in [0.25, 0.3) is 0 Å². The third-order valence-corrected chi connectivity index (χ3v) is 3.15. The monoisotopic (exact) mass is 216 g/mol. The molecule has 0 radical (unpaired) electrons. The number of esters is 1. The highest BCUT2D eigenvalue weighted by molar-refractivity contribution is 5.65. The Hall–Kier alpha value is -0.610. The summed E-state index contributed by atoms with van der Waals surface area (Å²) in [5, 5.41) is 18.6. The molecule has 88 valence electrons. The van der Waals surface area contributed by atoms with E-state index in [1.54, 1.807) is 0 Å². The van der Waals surface area contributed by atoms with Gasteiger partial charge in [-0.3, -0.25) is 4.79 Å². The second-order valence-electron chi connectivity index (χ2n) is 4.26. The van der Waals surface area contributed by atoms with Crippen molar-refractivity contribution in [2.45, 2.75) is 38.7 Å². The lowest BCUT2D eigenvalue weighted by Gasteiger charge is -2.33. The summed E-state index contributed by atoms with van der Waals surface area (Å²) >= 11 is 0. The second kappa shape index (κ2) is 6.08. The highest BCUT2D eigenvalue weighted by Gasteiger charge is 2.31. The number of ether oxygens (including phenoxy) is 1. The molecule has 0 saturated heterocycles. The molecule has 0 unspecified atom stereocenters. The molecule has 0 bridgehead atoms. The van der Waals surface area contributed by atoms with Crippen LogP contribution in [0.15, 0.2) is 0 Å². The molecular weight excluding hydrogens is 196 g/mol. The zero-order chi connectivity index (χ0) is 11.3. The highest BCUT2D eigenvalue weighted by Crippen LogP contribution is 2.32. The van der Waals surface area contributed by atoms with Gasteiger partial charge in [-0.2, -0.15) is 0 Å². The Morgan fingerprint density at radius 2 is 2.13 bits per heavy atom. The molecule has 0 aromatic rings. The van der Waals surface area contributed by atoms with E-state index in [9.17, 15) is 9.90 Å². The van der Waals surface area contributed by atoms with Crippen molar-refractivity contribution in [3.63, 3.8) is 0 Å². The van der Waals surface area contributed by atoms with E-state index in [2.05, 4.69) is 0 Å². The Balaban J connectivity index is 2.45. The van der Waals surface area contributed by atoms with Crippen LogP contribution in [0, 0.1) is 11.8 Å². The van der Waals surface area contributed by atoms with Crippen LogP contribution in [-0.4, -0.2) is 35.5 Å². The van der Waals surface area contributed by atoms with Gasteiger partial charge in [0.25, 0.3) is 0 Å². The molecule has 1 aliphatic rings. The van der Waals surface area contributed by atoms with Crippen molar-refractivity contribution in [2.24, 2.45) is 11.8 Å². The number of hydrogen-bond donors (Lipinski definition) is 2. The van der Waals surface area contributed by atoms with Gasteiger partial charge in [0, 0.05) is 6.92 Å². The number of rotatable bonds is 4. The summed E-state index contributed by atoms with van der Waals surface area (Å²) in [6.07, 6.45) is 3.40. The normalized spacial score (nSPS) is 28.5. The van der Waals surface area contributed by atoms with Gasteiger partial charge in [-0.1, -0.05) is 12.8 Å². The molecule has 0 aliphatic heterocycles. The van der Waals surface area contributed by atoms with Gasteiger partial charge in [-0.25, -0.2) is 0 Å². The first-order valence-electron chi connectivity index (χ1n) is 5.57. The lowest BCUT2D eigenvalue weighted by atomic mass is 9.77. The summed E-state index contributed by atoms with van der Waals surface area (Å²) < 4.78 is 4.97. The van der Waals surface area contributed by atoms with E-state index in [0.29, 0.717) is 6.61 Å². The standard InChI is InChI=1S/C11H20O4/c1-8(13)15-7-9-4-2-3-5-10(9)11(14)6-12/h9-12,14H,2-7H2,1H3/t9-,10-,11-/m1/s1. The van der Waals surface area contributed by atoms with E-state index in [1.807, 2.05) is 0 Å². The average molecular weight is 216 g/mol. The van der Waals surface area contributed by atoms with Crippen molar-refractivity contribution in [2.75, 3.05) is 13.2 Å². The fraction of sp³-hybridized carbons (Fsp3) is 0.909. The molecule has 1 saturated carbocycles. The molecule has 0 aromatic heterocycles. The van der Waals surface area contributed by atoms with E-state index in [1.165, 1.54) is 6.92 Å². The third kappa shape index (κ3) is 3.80. The Kier molecular flexibility index (Phi) is 5.05.